The van der Waals surface area contributed by atoms with Gasteiger partial charge in [-0.05, 0) is 19.1 Å². The average Bonchev–Trinajstić information content (AvgIpc) is 2.74. The molecule has 0 fully saturated rings. The highest BCUT2D eigenvalue weighted by atomic mass is 32.1. The number of rotatable bonds is 4. The molecule has 1 aromatic carbocycles. The van der Waals surface area contributed by atoms with Crippen LogP contribution in [0.5, 0.6) is 0 Å². The van der Waals surface area contributed by atoms with Crippen molar-refractivity contribution in [1.82, 2.24) is 4.98 Å². The minimum Gasteiger partial charge on any atom is -0.397 e. The molecule has 1 heterocycles. The Morgan fingerprint density at radius 3 is 2.83 bits per heavy atom. The number of hydrogen-bond acceptors (Lipinski definition) is 4. The number of halogens is 2. The first-order valence-corrected chi connectivity index (χ1v) is 6.34. The predicted octanol–water partition coefficient (Wildman–Crippen LogP) is 2.97. The number of nitrogen functional groups attached to an aromatic ring is 1. The molecule has 0 aliphatic carbocycles. The van der Waals surface area contributed by atoms with E-state index in [2.05, 4.69) is 10.3 Å². The monoisotopic (exact) mass is 269 g/mol. The zero-order chi connectivity index (χ0) is 13.1. The van der Waals surface area contributed by atoms with Crippen molar-refractivity contribution >= 4 is 22.7 Å². The van der Waals surface area contributed by atoms with Crippen LogP contribution >= 0.6 is 11.3 Å². The van der Waals surface area contributed by atoms with E-state index in [0.717, 1.165) is 16.8 Å². The van der Waals surface area contributed by atoms with Gasteiger partial charge in [0.1, 0.15) is 0 Å². The summed E-state index contributed by atoms with van der Waals surface area (Å²) >= 11 is 1.55. The summed E-state index contributed by atoms with van der Waals surface area (Å²) in [7, 11) is 0. The third kappa shape index (κ3) is 2.76. The molecule has 2 rings (SSSR count). The van der Waals surface area contributed by atoms with Crippen molar-refractivity contribution in [3.05, 3.63) is 39.8 Å². The summed E-state index contributed by atoms with van der Waals surface area (Å²) in [4.78, 5) is 4.28. The van der Waals surface area contributed by atoms with Crippen LogP contribution in [0.4, 0.5) is 20.2 Å². The zero-order valence-corrected chi connectivity index (χ0v) is 10.7. The lowest BCUT2D eigenvalue weighted by molar-refractivity contribution is 0.511. The molecule has 0 unspecified atom stereocenters. The minimum absolute atomic E-state index is 0.0169. The summed E-state index contributed by atoms with van der Waals surface area (Å²) in [6.45, 7) is 2.37. The lowest BCUT2D eigenvalue weighted by Crippen LogP contribution is -2.09. The van der Waals surface area contributed by atoms with Gasteiger partial charge < -0.3 is 11.1 Å². The number of benzene rings is 1. The zero-order valence-electron chi connectivity index (χ0n) is 9.84. The van der Waals surface area contributed by atoms with Crippen molar-refractivity contribution in [3.63, 3.8) is 0 Å². The molecule has 0 atom stereocenters. The second-order valence-electron chi connectivity index (χ2n) is 3.88. The van der Waals surface area contributed by atoms with Crippen LogP contribution in [0.2, 0.25) is 0 Å². The van der Waals surface area contributed by atoms with Gasteiger partial charge >= 0.3 is 0 Å². The Labute approximate surface area is 108 Å². The summed E-state index contributed by atoms with van der Waals surface area (Å²) in [6.07, 6.45) is 0.647. The molecule has 2 aromatic rings. The Kier molecular flexibility index (Phi) is 3.76. The summed E-state index contributed by atoms with van der Waals surface area (Å²) in [6, 6.07) is 2.36. The predicted molar refractivity (Wildman–Crippen MR) is 69.8 cm³/mol. The van der Waals surface area contributed by atoms with Gasteiger partial charge in [-0.3, -0.25) is 0 Å². The summed E-state index contributed by atoms with van der Waals surface area (Å²) in [5.74, 6) is -1.85. The highest BCUT2D eigenvalue weighted by Crippen LogP contribution is 2.24. The van der Waals surface area contributed by atoms with Crippen LogP contribution in [0.1, 0.15) is 10.7 Å². The maximum Gasteiger partial charge on any atom is 0.183 e. The van der Waals surface area contributed by atoms with Crippen LogP contribution in [0.3, 0.4) is 0 Å². The van der Waals surface area contributed by atoms with E-state index in [-0.39, 0.29) is 11.4 Å². The van der Waals surface area contributed by atoms with E-state index in [4.69, 9.17) is 5.73 Å². The fourth-order valence-corrected chi connectivity index (χ4v) is 2.33. The Morgan fingerprint density at radius 1 is 1.39 bits per heavy atom. The molecule has 3 N–H and O–H groups in total. The number of aryl methyl sites for hydroxylation is 1. The van der Waals surface area contributed by atoms with Crippen LogP contribution in [-0.2, 0) is 6.42 Å². The molecule has 0 saturated heterocycles. The number of anilines is 2. The van der Waals surface area contributed by atoms with Crippen LogP contribution in [0.25, 0.3) is 0 Å². The number of aromatic nitrogens is 1. The van der Waals surface area contributed by atoms with Crippen molar-refractivity contribution in [2.24, 2.45) is 0 Å². The maximum absolute atomic E-state index is 13.5. The normalized spacial score (nSPS) is 10.6. The van der Waals surface area contributed by atoms with Gasteiger partial charge in [-0.15, -0.1) is 11.3 Å². The van der Waals surface area contributed by atoms with E-state index in [1.165, 1.54) is 6.07 Å². The molecule has 0 bridgehead atoms. The van der Waals surface area contributed by atoms with E-state index in [9.17, 15) is 8.78 Å². The minimum atomic E-state index is -0.940. The fraction of sp³-hybridized carbons (Fsp3) is 0.250. The number of nitrogens with two attached hydrogens (primary N) is 1. The van der Waals surface area contributed by atoms with E-state index < -0.39 is 11.6 Å². The maximum atomic E-state index is 13.5. The number of nitrogens with zero attached hydrogens (tertiary/aromatic N) is 1. The highest BCUT2D eigenvalue weighted by molar-refractivity contribution is 7.09. The van der Waals surface area contributed by atoms with Crippen LogP contribution in [0, 0.1) is 18.6 Å². The second-order valence-corrected chi connectivity index (χ2v) is 4.83. The Morgan fingerprint density at radius 2 is 2.17 bits per heavy atom. The van der Waals surface area contributed by atoms with Crippen molar-refractivity contribution in [2.45, 2.75) is 13.3 Å². The quantitative estimate of drug-likeness (QED) is 0.839. The molecule has 1 aromatic heterocycles. The van der Waals surface area contributed by atoms with E-state index >= 15 is 0 Å². The molecule has 3 nitrogen and oxygen atoms in total. The molecular formula is C12H13F2N3S. The first kappa shape index (κ1) is 12.8. The third-order valence-corrected chi connectivity index (χ3v) is 3.46. The van der Waals surface area contributed by atoms with Crippen LogP contribution in [-0.4, -0.2) is 11.5 Å². The first-order valence-electron chi connectivity index (χ1n) is 5.46. The molecule has 0 spiro atoms. The third-order valence-electron chi connectivity index (χ3n) is 2.43. The Hall–Kier alpha value is -1.69. The molecule has 0 radical (unpaired) electrons. The van der Waals surface area contributed by atoms with Crippen molar-refractivity contribution in [1.29, 1.82) is 0 Å². The molecule has 96 valence electrons. The second kappa shape index (κ2) is 5.30. The topological polar surface area (TPSA) is 50.9 Å². The van der Waals surface area contributed by atoms with Crippen LogP contribution in [0.15, 0.2) is 17.5 Å². The highest BCUT2D eigenvalue weighted by Gasteiger charge is 2.11. The van der Waals surface area contributed by atoms with Crippen molar-refractivity contribution in [3.8, 4) is 0 Å². The van der Waals surface area contributed by atoms with Gasteiger partial charge in [-0.25, -0.2) is 13.8 Å². The summed E-state index contributed by atoms with van der Waals surface area (Å²) in [5, 5.41) is 5.71. The molecular weight excluding hydrogens is 256 g/mol. The van der Waals surface area contributed by atoms with E-state index in [1.54, 1.807) is 11.3 Å². The number of nitrogens with one attached hydrogen (secondary N) is 1. The van der Waals surface area contributed by atoms with Crippen molar-refractivity contribution < 1.29 is 8.78 Å². The fourth-order valence-electron chi connectivity index (χ4n) is 1.56. The van der Waals surface area contributed by atoms with Crippen molar-refractivity contribution in [2.75, 3.05) is 17.6 Å². The number of thiazole rings is 1. The van der Waals surface area contributed by atoms with E-state index in [1.807, 2.05) is 12.3 Å². The standard InChI is InChI=1S/C12H13F2N3S/c1-7-6-18-10(17-7)4-5-16-12-9(15)3-2-8(13)11(12)14/h2-3,6,16H,4-5,15H2,1H3. The van der Waals surface area contributed by atoms with Gasteiger partial charge in [-0.1, -0.05) is 0 Å². The Bertz CT molecular complexity index is 554. The number of hydrogen-bond donors (Lipinski definition) is 2. The van der Waals surface area contributed by atoms with Gasteiger partial charge in [0, 0.05) is 24.0 Å². The van der Waals surface area contributed by atoms with Crippen LogP contribution < -0.4 is 11.1 Å². The molecule has 18 heavy (non-hydrogen) atoms. The van der Waals surface area contributed by atoms with E-state index in [0.29, 0.717) is 13.0 Å². The molecule has 0 amide bonds. The Balaban J connectivity index is 2.00. The lowest BCUT2D eigenvalue weighted by Gasteiger charge is -2.09. The largest absolute Gasteiger partial charge is 0.397 e. The molecule has 0 aliphatic heterocycles. The lowest BCUT2D eigenvalue weighted by atomic mass is 10.2. The van der Waals surface area contributed by atoms with Gasteiger partial charge in [-0.2, -0.15) is 0 Å². The smallest absolute Gasteiger partial charge is 0.183 e. The van der Waals surface area contributed by atoms with Gasteiger partial charge in [0.05, 0.1) is 16.4 Å². The van der Waals surface area contributed by atoms with Gasteiger partial charge in [0.25, 0.3) is 0 Å². The molecule has 0 saturated carbocycles. The summed E-state index contributed by atoms with van der Waals surface area (Å²) in [5.41, 5.74) is 6.77. The summed E-state index contributed by atoms with van der Waals surface area (Å²) < 4.78 is 26.5. The first-order chi connectivity index (χ1) is 8.58. The van der Waals surface area contributed by atoms with Gasteiger partial charge in [0.15, 0.2) is 11.6 Å². The molecule has 0 aliphatic rings. The molecule has 6 heteroatoms. The SMILES string of the molecule is Cc1csc(CCNc2c(N)ccc(F)c2F)n1. The van der Waals surface area contributed by atoms with Gasteiger partial charge in [0.2, 0.25) is 0 Å². The average molecular weight is 269 g/mol.